The van der Waals surface area contributed by atoms with Crippen LogP contribution in [-0.4, -0.2) is 4.98 Å². The first-order valence-electron chi connectivity index (χ1n) is 5.91. The number of imidazole rings is 1. The molecule has 90 valence electrons. The van der Waals surface area contributed by atoms with Crippen molar-refractivity contribution in [1.29, 1.82) is 0 Å². The standard InChI is InChI=1S/C15H13ClN2/c1-10-3-5-13(11(2)7-10)14-9-18-8-12(16)4-6-15(18)17-14/h3-9H,1-2H3/p+1. The second kappa shape index (κ2) is 4.14. The third-order valence-electron chi connectivity index (χ3n) is 3.14. The first-order valence-corrected chi connectivity index (χ1v) is 6.28. The van der Waals surface area contributed by atoms with Crippen LogP contribution in [0.4, 0.5) is 0 Å². The van der Waals surface area contributed by atoms with Gasteiger partial charge in [-0.25, -0.2) is 9.38 Å². The van der Waals surface area contributed by atoms with E-state index in [0.717, 1.165) is 16.4 Å². The molecule has 1 N–H and O–H groups in total. The van der Waals surface area contributed by atoms with Gasteiger partial charge in [-0.3, -0.25) is 0 Å². The largest absolute Gasteiger partial charge is 0.284 e. The topological polar surface area (TPSA) is 19.9 Å². The van der Waals surface area contributed by atoms with Crippen LogP contribution in [0, 0.1) is 13.8 Å². The molecule has 3 rings (SSSR count). The zero-order chi connectivity index (χ0) is 12.7. The number of H-pyrrole nitrogens is 1. The van der Waals surface area contributed by atoms with Gasteiger partial charge in [-0.2, -0.15) is 0 Å². The third kappa shape index (κ3) is 1.89. The Labute approximate surface area is 111 Å². The van der Waals surface area contributed by atoms with Crippen LogP contribution in [0.2, 0.25) is 5.02 Å². The van der Waals surface area contributed by atoms with E-state index in [9.17, 15) is 0 Å². The number of aromatic nitrogens is 2. The fraction of sp³-hybridized carbons (Fsp3) is 0.133. The van der Waals surface area contributed by atoms with E-state index in [0.29, 0.717) is 0 Å². The molecule has 0 atom stereocenters. The summed E-state index contributed by atoms with van der Waals surface area (Å²) in [5.41, 5.74) is 5.92. The van der Waals surface area contributed by atoms with E-state index in [1.165, 1.54) is 16.7 Å². The van der Waals surface area contributed by atoms with Crippen LogP contribution in [0.1, 0.15) is 11.1 Å². The van der Waals surface area contributed by atoms with E-state index in [1.807, 2.05) is 22.7 Å². The average Bonchev–Trinajstić information content (AvgIpc) is 2.71. The minimum absolute atomic E-state index is 0.735. The van der Waals surface area contributed by atoms with Crippen LogP contribution in [-0.2, 0) is 0 Å². The number of fused-ring (bicyclic) bond motifs is 1. The lowest BCUT2D eigenvalue weighted by atomic mass is 10.0. The van der Waals surface area contributed by atoms with Gasteiger partial charge in [0.2, 0.25) is 0 Å². The summed E-state index contributed by atoms with van der Waals surface area (Å²) in [6.07, 6.45) is 3.97. The molecule has 0 unspecified atom stereocenters. The molecule has 2 nitrogen and oxygen atoms in total. The van der Waals surface area contributed by atoms with E-state index in [-0.39, 0.29) is 0 Å². The van der Waals surface area contributed by atoms with E-state index in [4.69, 9.17) is 11.6 Å². The normalized spacial score (nSPS) is 11.1. The summed E-state index contributed by atoms with van der Waals surface area (Å²) in [6.45, 7) is 4.24. The molecule has 0 saturated carbocycles. The molecular weight excluding hydrogens is 244 g/mol. The van der Waals surface area contributed by atoms with Crippen molar-refractivity contribution in [3.8, 4) is 11.3 Å². The van der Waals surface area contributed by atoms with Crippen molar-refractivity contribution >= 4 is 17.2 Å². The fourth-order valence-corrected chi connectivity index (χ4v) is 2.43. The van der Waals surface area contributed by atoms with Gasteiger partial charge in [0.05, 0.1) is 5.02 Å². The van der Waals surface area contributed by atoms with Gasteiger partial charge in [-0.05, 0) is 25.5 Å². The SMILES string of the molecule is Cc1ccc(-c2c[n+]3cc(Cl)ccc3[nH]2)c(C)c1. The maximum absolute atomic E-state index is 5.99. The van der Waals surface area contributed by atoms with Gasteiger partial charge in [0, 0.05) is 11.6 Å². The van der Waals surface area contributed by atoms with E-state index < -0.39 is 0 Å². The quantitative estimate of drug-likeness (QED) is 0.642. The molecule has 1 aromatic carbocycles. The number of nitrogens with one attached hydrogen (secondary N) is 1. The number of nitrogens with zero attached hydrogens (tertiary/aromatic N) is 1. The maximum atomic E-state index is 5.99. The molecule has 0 saturated heterocycles. The van der Waals surface area contributed by atoms with Crippen LogP contribution in [0.25, 0.3) is 16.9 Å². The second-order valence-corrected chi connectivity index (χ2v) is 5.06. The molecule has 0 radical (unpaired) electrons. The summed E-state index contributed by atoms with van der Waals surface area (Å²) >= 11 is 5.99. The second-order valence-electron chi connectivity index (χ2n) is 4.63. The van der Waals surface area contributed by atoms with Gasteiger partial charge >= 0.3 is 0 Å². The third-order valence-corrected chi connectivity index (χ3v) is 3.37. The van der Waals surface area contributed by atoms with Crippen LogP contribution < -0.4 is 4.40 Å². The summed E-state index contributed by atoms with van der Waals surface area (Å²) < 4.78 is 2.01. The van der Waals surface area contributed by atoms with Crippen molar-refractivity contribution in [2.75, 3.05) is 0 Å². The summed E-state index contributed by atoms with van der Waals surface area (Å²) in [4.78, 5) is 3.40. The molecule has 2 heterocycles. The molecule has 18 heavy (non-hydrogen) atoms. The Balaban J connectivity index is 2.19. The van der Waals surface area contributed by atoms with Crippen molar-refractivity contribution < 1.29 is 4.40 Å². The lowest BCUT2D eigenvalue weighted by Crippen LogP contribution is -2.16. The highest BCUT2D eigenvalue weighted by molar-refractivity contribution is 6.30. The highest BCUT2D eigenvalue weighted by Crippen LogP contribution is 2.22. The first-order chi connectivity index (χ1) is 8.63. The number of pyridine rings is 1. The lowest BCUT2D eigenvalue weighted by Gasteiger charge is -2.01. The number of hydrogen-bond acceptors (Lipinski definition) is 0. The number of aromatic amines is 1. The summed E-state index contributed by atoms with van der Waals surface area (Å²) in [5.74, 6) is 0. The lowest BCUT2D eigenvalue weighted by molar-refractivity contribution is -0.509. The van der Waals surface area contributed by atoms with Crippen LogP contribution in [0.3, 0.4) is 0 Å². The van der Waals surface area contributed by atoms with E-state index in [1.54, 1.807) is 0 Å². The number of aryl methyl sites for hydroxylation is 2. The molecule has 0 aliphatic rings. The van der Waals surface area contributed by atoms with Crippen molar-refractivity contribution in [2.45, 2.75) is 13.8 Å². The smallest absolute Gasteiger partial charge is 0.237 e. The van der Waals surface area contributed by atoms with Gasteiger partial charge in [-0.15, -0.1) is 0 Å². The van der Waals surface area contributed by atoms with Crippen LogP contribution in [0.15, 0.2) is 42.7 Å². The van der Waals surface area contributed by atoms with Gasteiger partial charge in [0.1, 0.15) is 12.4 Å². The number of hydrogen-bond donors (Lipinski definition) is 1. The van der Waals surface area contributed by atoms with Crippen molar-refractivity contribution in [1.82, 2.24) is 4.98 Å². The molecule has 3 aromatic rings. The van der Waals surface area contributed by atoms with Crippen molar-refractivity contribution in [3.63, 3.8) is 0 Å². The minimum Gasteiger partial charge on any atom is -0.237 e. The Kier molecular flexibility index (Phi) is 2.60. The first kappa shape index (κ1) is 11.3. The Morgan fingerprint density at radius 3 is 2.67 bits per heavy atom. The molecule has 2 aromatic heterocycles. The Hall–Kier alpha value is -1.80. The zero-order valence-corrected chi connectivity index (χ0v) is 11.1. The molecule has 0 aliphatic heterocycles. The highest BCUT2D eigenvalue weighted by atomic mass is 35.5. The number of rotatable bonds is 1. The minimum atomic E-state index is 0.735. The van der Waals surface area contributed by atoms with Crippen LogP contribution in [0.5, 0.6) is 0 Å². The Morgan fingerprint density at radius 1 is 1.06 bits per heavy atom. The van der Waals surface area contributed by atoms with Gasteiger partial charge in [0.25, 0.3) is 5.65 Å². The summed E-state index contributed by atoms with van der Waals surface area (Å²) in [6, 6.07) is 10.3. The molecule has 0 aliphatic carbocycles. The van der Waals surface area contributed by atoms with E-state index in [2.05, 4.69) is 43.2 Å². The predicted octanol–water partition coefficient (Wildman–Crippen LogP) is 3.69. The maximum Gasteiger partial charge on any atom is 0.284 e. The molecule has 0 spiro atoms. The Bertz CT molecular complexity index is 728. The number of halogens is 1. The highest BCUT2D eigenvalue weighted by Gasteiger charge is 2.12. The monoisotopic (exact) mass is 257 g/mol. The van der Waals surface area contributed by atoms with Crippen molar-refractivity contribution in [2.24, 2.45) is 0 Å². The zero-order valence-electron chi connectivity index (χ0n) is 10.4. The van der Waals surface area contributed by atoms with Gasteiger partial charge in [0.15, 0.2) is 5.69 Å². The van der Waals surface area contributed by atoms with Gasteiger partial charge < -0.3 is 0 Å². The molecule has 0 fully saturated rings. The molecule has 0 amide bonds. The van der Waals surface area contributed by atoms with Crippen LogP contribution >= 0.6 is 11.6 Å². The average molecular weight is 258 g/mol. The van der Waals surface area contributed by atoms with Crippen molar-refractivity contribution in [3.05, 3.63) is 58.9 Å². The summed E-state index contributed by atoms with van der Waals surface area (Å²) in [7, 11) is 0. The molecule has 3 heteroatoms. The fourth-order valence-electron chi connectivity index (χ4n) is 2.27. The van der Waals surface area contributed by atoms with E-state index >= 15 is 0 Å². The Morgan fingerprint density at radius 2 is 1.89 bits per heavy atom. The summed E-state index contributed by atoms with van der Waals surface area (Å²) in [5, 5.41) is 0.735. The predicted molar refractivity (Wildman–Crippen MR) is 73.9 cm³/mol. The number of benzene rings is 1. The molecular formula is C15H14ClN2+. The molecule has 0 bridgehead atoms. The van der Waals surface area contributed by atoms with Gasteiger partial charge in [-0.1, -0.05) is 35.4 Å².